The lowest BCUT2D eigenvalue weighted by atomic mass is 10.0. The van der Waals surface area contributed by atoms with Crippen LogP contribution in [0.25, 0.3) is 0 Å². The maximum absolute atomic E-state index is 11.1. The van der Waals surface area contributed by atoms with E-state index in [1.165, 1.54) is 77.0 Å². The quantitative estimate of drug-likeness (QED) is 0.184. The van der Waals surface area contributed by atoms with Crippen LogP contribution in [-0.4, -0.2) is 12.9 Å². The monoisotopic (exact) mass is 376 g/mol. The average molecular weight is 377 g/mol. The Morgan fingerprint density at radius 3 is 1.74 bits per heavy atom. The van der Waals surface area contributed by atoms with Crippen molar-refractivity contribution >= 4 is 17.7 Å². The summed E-state index contributed by atoms with van der Waals surface area (Å²) < 4.78 is 5.71. The van der Waals surface area contributed by atoms with Crippen LogP contribution in [0.2, 0.25) is 0 Å². The van der Waals surface area contributed by atoms with Crippen LogP contribution in [0.1, 0.15) is 107 Å². The Morgan fingerprint density at radius 1 is 0.778 bits per heavy atom. The smallest absolute Gasteiger partial charge is 0.153 e. The number of ether oxygens (including phenoxy) is 1. The van der Waals surface area contributed by atoms with Gasteiger partial charge in [0.15, 0.2) is 12.0 Å². The molecular formula is C23H40N2O2. The first-order valence-corrected chi connectivity index (χ1v) is 11.0. The number of hydrogen-bond acceptors (Lipinski definition) is 4. The second-order valence-corrected chi connectivity index (χ2v) is 7.59. The van der Waals surface area contributed by atoms with Gasteiger partial charge in [-0.15, -0.1) is 0 Å². The summed E-state index contributed by atoms with van der Waals surface area (Å²) in [5, 5.41) is 0. The zero-order chi connectivity index (χ0) is 19.7. The number of anilines is 2. The highest BCUT2D eigenvalue weighted by Crippen LogP contribution is 2.28. The predicted molar refractivity (Wildman–Crippen MR) is 116 cm³/mol. The summed E-state index contributed by atoms with van der Waals surface area (Å²) in [7, 11) is 0. The molecule has 0 aliphatic heterocycles. The van der Waals surface area contributed by atoms with E-state index in [2.05, 4.69) is 6.92 Å². The lowest BCUT2D eigenvalue weighted by Gasteiger charge is -2.12. The van der Waals surface area contributed by atoms with Crippen LogP contribution in [0.4, 0.5) is 11.4 Å². The van der Waals surface area contributed by atoms with Gasteiger partial charge in [0.05, 0.1) is 17.9 Å². The molecule has 27 heavy (non-hydrogen) atoms. The van der Waals surface area contributed by atoms with E-state index in [-0.39, 0.29) is 0 Å². The van der Waals surface area contributed by atoms with Gasteiger partial charge in [0.1, 0.15) is 0 Å². The number of carbonyl (C=O) groups excluding carboxylic acids is 1. The van der Waals surface area contributed by atoms with Crippen molar-refractivity contribution in [1.29, 1.82) is 0 Å². The van der Waals surface area contributed by atoms with E-state index in [0.717, 1.165) is 19.1 Å². The summed E-state index contributed by atoms with van der Waals surface area (Å²) in [6.07, 6.45) is 19.4. The van der Waals surface area contributed by atoms with Crippen LogP contribution in [0.3, 0.4) is 0 Å². The van der Waals surface area contributed by atoms with Gasteiger partial charge in [-0.25, -0.2) is 0 Å². The SMILES string of the molecule is CCCCCCCCCCCCCCCCOc1c(N)cc(N)cc1C=O. The number of nitrogen functional groups attached to an aromatic ring is 2. The van der Waals surface area contributed by atoms with Crippen molar-refractivity contribution < 1.29 is 9.53 Å². The molecule has 0 bridgehead atoms. The maximum Gasteiger partial charge on any atom is 0.153 e. The van der Waals surface area contributed by atoms with Gasteiger partial charge < -0.3 is 16.2 Å². The highest BCUT2D eigenvalue weighted by atomic mass is 16.5. The Balaban J connectivity index is 1.95. The molecule has 1 rings (SSSR count). The fraction of sp³-hybridized carbons (Fsp3) is 0.696. The molecular weight excluding hydrogens is 336 g/mol. The summed E-state index contributed by atoms with van der Waals surface area (Å²) in [5.74, 6) is 0.467. The first-order valence-electron chi connectivity index (χ1n) is 11.0. The molecule has 154 valence electrons. The minimum atomic E-state index is 0.429. The van der Waals surface area contributed by atoms with Gasteiger partial charge in [-0.1, -0.05) is 90.4 Å². The molecule has 1 aromatic rings. The van der Waals surface area contributed by atoms with Crippen molar-refractivity contribution in [1.82, 2.24) is 0 Å². The van der Waals surface area contributed by atoms with Crippen molar-refractivity contribution in [2.45, 2.75) is 96.8 Å². The highest BCUT2D eigenvalue weighted by molar-refractivity contribution is 5.85. The minimum Gasteiger partial charge on any atom is -0.491 e. The Kier molecular flexibility index (Phi) is 13.3. The zero-order valence-corrected chi connectivity index (χ0v) is 17.3. The van der Waals surface area contributed by atoms with Crippen molar-refractivity contribution in [3.8, 4) is 5.75 Å². The molecule has 0 aliphatic rings. The molecule has 0 heterocycles. The molecule has 4 heteroatoms. The molecule has 0 aromatic heterocycles. The van der Waals surface area contributed by atoms with Gasteiger partial charge in [0, 0.05) is 5.69 Å². The van der Waals surface area contributed by atoms with Crippen molar-refractivity contribution in [2.24, 2.45) is 0 Å². The summed E-state index contributed by atoms with van der Waals surface area (Å²) in [6.45, 7) is 2.86. The first kappa shape index (κ1) is 23.3. The molecule has 0 saturated carbocycles. The summed E-state index contributed by atoms with van der Waals surface area (Å²) in [4.78, 5) is 11.1. The van der Waals surface area contributed by atoms with E-state index in [4.69, 9.17) is 16.2 Å². The van der Waals surface area contributed by atoms with Crippen LogP contribution in [-0.2, 0) is 0 Å². The molecule has 4 nitrogen and oxygen atoms in total. The zero-order valence-electron chi connectivity index (χ0n) is 17.3. The van der Waals surface area contributed by atoms with E-state index in [1.807, 2.05) is 0 Å². The predicted octanol–water partition coefficient (Wildman–Crippen LogP) is 6.52. The van der Waals surface area contributed by atoms with E-state index in [9.17, 15) is 4.79 Å². The average Bonchev–Trinajstić information content (AvgIpc) is 2.65. The molecule has 1 aromatic carbocycles. The Morgan fingerprint density at radius 2 is 1.26 bits per heavy atom. The highest BCUT2D eigenvalue weighted by Gasteiger charge is 2.08. The van der Waals surface area contributed by atoms with Crippen LogP contribution < -0.4 is 16.2 Å². The van der Waals surface area contributed by atoms with Gasteiger partial charge in [0.2, 0.25) is 0 Å². The molecule has 0 fully saturated rings. The molecule has 0 saturated heterocycles. The van der Waals surface area contributed by atoms with Crippen LogP contribution in [0.5, 0.6) is 5.75 Å². The standard InChI is InChI=1S/C23H40N2O2/c1-2-3-4-5-6-7-8-9-10-11-12-13-14-15-16-27-23-20(19-26)17-21(24)18-22(23)25/h17-19H,2-16,24-25H2,1H3. The summed E-state index contributed by atoms with van der Waals surface area (Å²) in [5.41, 5.74) is 12.9. The molecule has 0 radical (unpaired) electrons. The number of nitrogens with two attached hydrogens (primary N) is 2. The Labute approximate surface area is 166 Å². The number of aldehydes is 1. The van der Waals surface area contributed by atoms with Gasteiger partial charge in [-0.3, -0.25) is 4.79 Å². The van der Waals surface area contributed by atoms with Crippen molar-refractivity contribution in [2.75, 3.05) is 18.1 Å². The van der Waals surface area contributed by atoms with E-state index < -0.39 is 0 Å². The van der Waals surface area contributed by atoms with Crippen molar-refractivity contribution in [3.63, 3.8) is 0 Å². The maximum atomic E-state index is 11.1. The fourth-order valence-electron chi connectivity index (χ4n) is 3.42. The lowest BCUT2D eigenvalue weighted by molar-refractivity contribution is 0.111. The Bertz CT molecular complexity index is 517. The molecule has 0 spiro atoms. The van der Waals surface area contributed by atoms with Gasteiger partial charge in [0.25, 0.3) is 0 Å². The topological polar surface area (TPSA) is 78.3 Å². The normalized spacial score (nSPS) is 10.9. The molecule has 0 amide bonds. The minimum absolute atomic E-state index is 0.429. The summed E-state index contributed by atoms with van der Waals surface area (Å²) >= 11 is 0. The van der Waals surface area contributed by atoms with Crippen LogP contribution in [0, 0.1) is 0 Å². The van der Waals surface area contributed by atoms with Crippen LogP contribution in [0.15, 0.2) is 12.1 Å². The van der Waals surface area contributed by atoms with Crippen molar-refractivity contribution in [3.05, 3.63) is 17.7 Å². The second-order valence-electron chi connectivity index (χ2n) is 7.59. The van der Waals surface area contributed by atoms with E-state index in [1.54, 1.807) is 12.1 Å². The number of unbranched alkanes of at least 4 members (excludes halogenated alkanes) is 13. The second kappa shape index (κ2) is 15.4. The molecule has 0 aliphatic carbocycles. The summed E-state index contributed by atoms with van der Waals surface area (Å²) in [6, 6.07) is 3.23. The third-order valence-electron chi connectivity index (χ3n) is 5.04. The molecule has 0 unspecified atom stereocenters. The number of benzene rings is 1. The van der Waals surface area contributed by atoms with Gasteiger partial charge >= 0.3 is 0 Å². The number of carbonyl (C=O) groups is 1. The fourth-order valence-corrected chi connectivity index (χ4v) is 3.42. The van der Waals surface area contributed by atoms with E-state index in [0.29, 0.717) is 29.3 Å². The van der Waals surface area contributed by atoms with Gasteiger partial charge in [-0.05, 0) is 18.6 Å². The van der Waals surface area contributed by atoms with Gasteiger partial charge in [-0.2, -0.15) is 0 Å². The van der Waals surface area contributed by atoms with E-state index >= 15 is 0 Å². The van der Waals surface area contributed by atoms with Crippen LogP contribution >= 0.6 is 0 Å². The first-order chi connectivity index (χ1) is 13.2. The lowest BCUT2D eigenvalue weighted by Crippen LogP contribution is -2.04. The number of rotatable bonds is 17. The third kappa shape index (κ3) is 10.9. The Hall–Kier alpha value is -1.71. The number of hydrogen-bond donors (Lipinski definition) is 2. The molecule has 4 N–H and O–H groups in total. The molecule has 0 atom stereocenters. The largest absolute Gasteiger partial charge is 0.491 e. The third-order valence-corrected chi connectivity index (χ3v) is 5.04.